The predicted molar refractivity (Wildman–Crippen MR) is 112 cm³/mol. The van der Waals surface area contributed by atoms with Gasteiger partial charge in [0.1, 0.15) is 21.4 Å². The minimum absolute atomic E-state index is 0.124. The normalized spacial score (nSPS) is 14.0. The largest absolute Gasteiger partial charge is 0.509 e. The van der Waals surface area contributed by atoms with E-state index >= 15 is 0 Å². The van der Waals surface area contributed by atoms with Crippen LogP contribution in [-0.4, -0.2) is 32.5 Å². The number of fused-ring (bicyclic) bond motifs is 1. The summed E-state index contributed by atoms with van der Waals surface area (Å²) in [4.78, 5) is 25.2. The van der Waals surface area contributed by atoms with Crippen LogP contribution in [0.1, 0.15) is 27.0 Å². The highest BCUT2D eigenvalue weighted by atomic mass is 16.3. The van der Waals surface area contributed by atoms with Crippen molar-refractivity contribution in [3.63, 3.8) is 0 Å². The van der Waals surface area contributed by atoms with Crippen LogP contribution in [0.15, 0.2) is 60.7 Å². The molecule has 1 aliphatic heterocycles. The molecular weight excluding hydrogens is 348 g/mol. The minimum atomic E-state index is -0.287. The summed E-state index contributed by atoms with van der Waals surface area (Å²) in [6.07, 6.45) is 1.63. The third-order valence-electron chi connectivity index (χ3n) is 4.60. The number of carbonyl (C=O) groups is 2. The molecule has 130 valence electrons. The van der Waals surface area contributed by atoms with Crippen LogP contribution in [0, 0.1) is 0 Å². The predicted octanol–water partition coefficient (Wildman–Crippen LogP) is 1.70. The van der Waals surface area contributed by atoms with Crippen LogP contribution < -0.4 is 16.2 Å². The molecule has 4 radical (unpaired) electrons. The fourth-order valence-electron chi connectivity index (χ4n) is 3.18. The number of aromatic hydroxyl groups is 1. The molecular formula is C22H13B2NO3. The molecule has 0 fully saturated rings. The van der Waals surface area contributed by atoms with Crippen LogP contribution >= 0.6 is 0 Å². The zero-order valence-corrected chi connectivity index (χ0v) is 14.8. The molecule has 0 bridgehead atoms. The Morgan fingerprint density at radius 1 is 0.929 bits per heavy atom. The van der Waals surface area contributed by atoms with E-state index in [1.807, 2.05) is 6.07 Å². The molecule has 0 aromatic heterocycles. The van der Waals surface area contributed by atoms with Gasteiger partial charge >= 0.3 is 0 Å². The quantitative estimate of drug-likeness (QED) is 0.424. The molecule has 4 rings (SSSR count). The second-order valence-electron chi connectivity index (χ2n) is 6.52. The summed E-state index contributed by atoms with van der Waals surface area (Å²) >= 11 is 0. The second-order valence-corrected chi connectivity index (χ2v) is 6.52. The SMILES string of the molecule is [B]c1cc(/C=C2\C(=O)Nc3ccc(C(=O)c4ccccc4)cc32)cc([B])c1O. The molecule has 0 unspecified atom stereocenters. The fraction of sp³-hybridized carbons (Fsp3) is 0. The van der Waals surface area contributed by atoms with Gasteiger partial charge in [-0.15, -0.1) is 0 Å². The average molecular weight is 361 g/mol. The number of ketones is 1. The molecule has 0 spiro atoms. The zero-order chi connectivity index (χ0) is 19.8. The minimum Gasteiger partial charge on any atom is -0.509 e. The molecule has 1 heterocycles. The highest BCUT2D eigenvalue weighted by molar-refractivity contribution is 6.42. The van der Waals surface area contributed by atoms with E-state index in [1.165, 1.54) is 12.1 Å². The fourth-order valence-corrected chi connectivity index (χ4v) is 3.18. The summed E-state index contributed by atoms with van der Waals surface area (Å²) < 4.78 is 0. The number of rotatable bonds is 3. The van der Waals surface area contributed by atoms with Crippen molar-refractivity contribution >= 4 is 55.6 Å². The first-order valence-electron chi connectivity index (χ1n) is 8.59. The van der Waals surface area contributed by atoms with Gasteiger partial charge in [-0.25, -0.2) is 0 Å². The van der Waals surface area contributed by atoms with Crippen LogP contribution in [-0.2, 0) is 4.79 Å². The van der Waals surface area contributed by atoms with Crippen molar-refractivity contribution in [3.05, 3.63) is 82.9 Å². The lowest BCUT2D eigenvalue weighted by atomic mass is 9.83. The number of amides is 1. The monoisotopic (exact) mass is 361 g/mol. The van der Waals surface area contributed by atoms with Gasteiger partial charge in [0.25, 0.3) is 5.91 Å². The van der Waals surface area contributed by atoms with Gasteiger partial charge < -0.3 is 10.4 Å². The van der Waals surface area contributed by atoms with E-state index in [9.17, 15) is 14.7 Å². The lowest BCUT2D eigenvalue weighted by molar-refractivity contribution is -0.110. The van der Waals surface area contributed by atoms with Crippen molar-refractivity contribution in [2.24, 2.45) is 0 Å². The van der Waals surface area contributed by atoms with E-state index in [0.717, 1.165) is 0 Å². The number of hydrogen-bond acceptors (Lipinski definition) is 3. The smallest absolute Gasteiger partial charge is 0.256 e. The van der Waals surface area contributed by atoms with Crippen LogP contribution in [0.3, 0.4) is 0 Å². The second kappa shape index (κ2) is 6.89. The summed E-state index contributed by atoms with van der Waals surface area (Å²) in [7, 11) is 11.5. The van der Waals surface area contributed by atoms with E-state index in [0.29, 0.717) is 33.5 Å². The summed E-state index contributed by atoms with van der Waals surface area (Å²) in [5.41, 5.74) is 3.52. The Morgan fingerprint density at radius 2 is 1.61 bits per heavy atom. The molecule has 1 amide bonds. The van der Waals surface area contributed by atoms with E-state index in [-0.39, 0.29) is 28.4 Å². The van der Waals surface area contributed by atoms with Crippen molar-refractivity contribution in [3.8, 4) is 5.75 Å². The summed E-state index contributed by atoms with van der Waals surface area (Å²) in [5.74, 6) is -0.598. The van der Waals surface area contributed by atoms with Gasteiger partial charge in [0, 0.05) is 28.0 Å². The highest BCUT2D eigenvalue weighted by Gasteiger charge is 2.25. The molecule has 0 atom stereocenters. The molecule has 1 aliphatic rings. The highest BCUT2D eigenvalue weighted by Crippen LogP contribution is 2.34. The van der Waals surface area contributed by atoms with Crippen LogP contribution in [0.2, 0.25) is 0 Å². The molecule has 0 saturated heterocycles. The number of hydrogen-bond donors (Lipinski definition) is 2. The Kier molecular flexibility index (Phi) is 4.40. The topological polar surface area (TPSA) is 66.4 Å². The van der Waals surface area contributed by atoms with Gasteiger partial charge in [-0.1, -0.05) is 53.4 Å². The molecule has 0 saturated carbocycles. The van der Waals surface area contributed by atoms with E-state index in [4.69, 9.17) is 15.7 Å². The first-order chi connectivity index (χ1) is 13.4. The molecule has 0 aliphatic carbocycles. The maximum Gasteiger partial charge on any atom is 0.256 e. The first kappa shape index (κ1) is 17.9. The van der Waals surface area contributed by atoms with Crippen LogP contribution in [0.5, 0.6) is 5.75 Å². The van der Waals surface area contributed by atoms with Gasteiger partial charge in [-0.3, -0.25) is 9.59 Å². The van der Waals surface area contributed by atoms with E-state index in [1.54, 1.807) is 48.5 Å². The summed E-state index contributed by atoms with van der Waals surface area (Å²) in [5, 5.41) is 12.5. The van der Waals surface area contributed by atoms with Crippen molar-refractivity contribution < 1.29 is 14.7 Å². The van der Waals surface area contributed by atoms with E-state index in [2.05, 4.69) is 5.32 Å². The summed E-state index contributed by atoms with van der Waals surface area (Å²) in [6.45, 7) is 0. The van der Waals surface area contributed by atoms with Gasteiger partial charge in [-0.2, -0.15) is 0 Å². The van der Waals surface area contributed by atoms with Gasteiger partial charge in [0.2, 0.25) is 0 Å². The van der Waals surface area contributed by atoms with Crippen molar-refractivity contribution in [1.29, 1.82) is 0 Å². The Balaban J connectivity index is 1.77. The number of carbonyl (C=O) groups excluding carboxylic acids is 2. The van der Waals surface area contributed by atoms with Crippen molar-refractivity contribution in [2.75, 3.05) is 5.32 Å². The van der Waals surface area contributed by atoms with Gasteiger partial charge in [-0.05, 0) is 29.8 Å². The number of phenolic OH excluding ortho intramolecular Hbond substituents is 1. The van der Waals surface area contributed by atoms with Crippen LogP contribution in [0.25, 0.3) is 11.6 Å². The number of phenols is 1. The van der Waals surface area contributed by atoms with Gasteiger partial charge in [0.15, 0.2) is 5.78 Å². The van der Waals surface area contributed by atoms with Gasteiger partial charge in [0.05, 0.1) is 0 Å². The number of benzene rings is 3. The first-order valence-corrected chi connectivity index (χ1v) is 8.59. The number of nitrogens with one attached hydrogen (secondary N) is 1. The molecule has 6 heteroatoms. The Bertz CT molecular complexity index is 1130. The van der Waals surface area contributed by atoms with Crippen LogP contribution in [0.4, 0.5) is 5.69 Å². The Hall–Kier alpha value is -3.53. The molecule has 2 N–H and O–H groups in total. The maximum atomic E-state index is 12.7. The molecule has 28 heavy (non-hydrogen) atoms. The Morgan fingerprint density at radius 3 is 2.29 bits per heavy atom. The average Bonchev–Trinajstić information content (AvgIpc) is 3.00. The number of anilines is 1. The molecule has 3 aromatic rings. The van der Waals surface area contributed by atoms with E-state index < -0.39 is 0 Å². The maximum absolute atomic E-state index is 12.7. The zero-order valence-electron chi connectivity index (χ0n) is 14.8. The third-order valence-corrected chi connectivity index (χ3v) is 4.60. The third kappa shape index (κ3) is 3.14. The van der Waals surface area contributed by atoms with Crippen molar-refractivity contribution in [1.82, 2.24) is 0 Å². The lowest BCUT2D eigenvalue weighted by Gasteiger charge is -2.07. The van der Waals surface area contributed by atoms with Crippen molar-refractivity contribution in [2.45, 2.75) is 0 Å². The molecule has 4 nitrogen and oxygen atoms in total. The lowest BCUT2D eigenvalue weighted by Crippen LogP contribution is -2.15. The standard InChI is InChI=1S/C22H13B2NO3/c23-17-9-12(10-18(24)21(17)27)8-16-15-11-14(6-7-19(15)25-22(16)28)20(26)13-4-2-1-3-5-13/h1-11,27H,(H,25,28)/b16-8-. The molecule has 3 aromatic carbocycles. The Labute approximate surface area is 164 Å². The summed E-state index contributed by atoms with van der Waals surface area (Å²) in [6, 6.07) is 17.1.